The van der Waals surface area contributed by atoms with Crippen LogP contribution >= 0.6 is 0 Å². The topological polar surface area (TPSA) is 80.7 Å². The van der Waals surface area contributed by atoms with Crippen LogP contribution in [0.25, 0.3) is 56.1 Å². The predicted molar refractivity (Wildman–Crippen MR) is 155 cm³/mol. The molecule has 0 aliphatic heterocycles. The fourth-order valence-corrected chi connectivity index (χ4v) is 4.07. The summed E-state index contributed by atoms with van der Waals surface area (Å²) < 4.78 is 10.6. The number of hydrogen-bond donors (Lipinski definition) is 1. The first-order valence-electron chi connectivity index (χ1n) is 12.5. The molecule has 6 heteroatoms. The molecule has 0 spiro atoms. The molecule has 1 N–H and O–H groups in total. The molecule has 188 valence electrons. The first kappa shape index (κ1) is 23.9. The van der Waals surface area contributed by atoms with E-state index in [1.54, 1.807) is 0 Å². The van der Waals surface area contributed by atoms with Crippen LogP contribution in [0.15, 0.2) is 149 Å². The van der Waals surface area contributed by atoms with Gasteiger partial charge >= 0.3 is 0 Å². The fourth-order valence-electron chi connectivity index (χ4n) is 4.07. The Balaban J connectivity index is 0.000000110. The molecule has 0 amide bonds. The van der Waals surface area contributed by atoms with Crippen molar-refractivity contribution in [2.45, 2.75) is 0 Å². The van der Waals surface area contributed by atoms with Gasteiger partial charge in [0.05, 0.1) is 11.0 Å². The quantitative estimate of drug-likeness (QED) is 0.253. The third-order valence-electron chi connectivity index (χ3n) is 5.99. The molecule has 0 radical (unpaired) electrons. The molecule has 8 aromatic rings. The normalized spacial score (nSPS) is 10.6. The van der Waals surface area contributed by atoms with Gasteiger partial charge in [0.25, 0.3) is 0 Å². The van der Waals surface area contributed by atoms with Gasteiger partial charge in [-0.25, -0.2) is 15.0 Å². The zero-order valence-corrected chi connectivity index (χ0v) is 20.9. The maximum atomic E-state index is 5.64. The van der Waals surface area contributed by atoms with Crippen molar-refractivity contribution >= 4 is 33.2 Å². The first-order valence-corrected chi connectivity index (χ1v) is 12.5. The van der Waals surface area contributed by atoms with Crippen LogP contribution in [0.4, 0.5) is 0 Å². The maximum absolute atomic E-state index is 5.64. The van der Waals surface area contributed by atoms with Gasteiger partial charge in [0.15, 0.2) is 17.6 Å². The second-order valence-electron chi connectivity index (χ2n) is 8.64. The lowest BCUT2D eigenvalue weighted by Crippen LogP contribution is -1.77. The Labute approximate surface area is 224 Å². The molecule has 0 atom stereocenters. The van der Waals surface area contributed by atoms with Crippen LogP contribution in [-0.2, 0) is 0 Å². The van der Waals surface area contributed by atoms with Crippen molar-refractivity contribution in [3.63, 3.8) is 0 Å². The Morgan fingerprint density at radius 3 is 1.77 bits per heavy atom. The molecular weight excluding hydrogens is 484 g/mol. The van der Waals surface area contributed by atoms with Gasteiger partial charge in [-0.2, -0.15) is 0 Å². The summed E-state index contributed by atoms with van der Waals surface area (Å²) in [6, 6.07) is 43.6. The van der Waals surface area contributed by atoms with Crippen LogP contribution in [0.3, 0.4) is 0 Å². The predicted octanol–water partition coefficient (Wildman–Crippen LogP) is 8.55. The number of fused-ring (bicyclic) bond motifs is 3. The van der Waals surface area contributed by atoms with Gasteiger partial charge in [0, 0.05) is 11.1 Å². The Morgan fingerprint density at radius 2 is 1.08 bits per heavy atom. The van der Waals surface area contributed by atoms with Crippen LogP contribution < -0.4 is 0 Å². The smallest absolute Gasteiger partial charge is 0.227 e. The largest absolute Gasteiger partial charge is 0.443 e. The highest BCUT2D eigenvalue weighted by molar-refractivity contribution is 5.79. The van der Waals surface area contributed by atoms with E-state index in [-0.39, 0.29) is 0 Å². The highest BCUT2D eigenvalue weighted by atomic mass is 16.3. The van der Waals surface area contributed by atoms with Gasteiger partial charge in [-0.1, -0.05) is 84.9 Å². The third-order valence-corrected chi connectivity index (χ3v) is 5.99. The first-order chi connectivity index (χ1) is 19.3. The van der Waals surface area contributed by atoms with Crippen molar-refractivity contribution in [3.8, 4) is 22.8 Å². The van der Waals surface area contributed by atoms with E-state index in [9.17, 15) is 0 Å². The summed E-state index contributed by atoms with van der Waals surface area (Å²) in [5, 5.41) is 0. The number of rotatable bonds is 2. The minimum atomic E-state index is 0.678. The summed E-state index contributed by atoms with van der Waals surface area (Å²) in [4.78, 5) is 16.2. The number of para-hydroxylation sites is 6. The minimum absolute atomic E-state index is 0.678. The molecule has 3 heterocycles. The third kappa shape index (κ3) is 5.60. The van der Waals surface area contributed by atoms with Crippen LogP contribution in [0.1, 0.15) is 0 Å². The molecule has 0 fully saturated rings. The van der Waals surface area contributed by atoms with Crippen molar-refractivity contribution in [2.75, 3.05) is 0 Å². The summed E-state index contributed by atoms with van der Waals surface area (Å²) in [7, 11) is 0. The second-order valence-corrected chi connectivity index (χ2v) is 8.64. The van der Waals surface area contributed by atoms with Crippen molar-refractivity contribution in [1.82, 2.24) is 19.9 Å². The average Bonchev–Trinajstić information content (AvgIpc) is 3.77. The number of nitrogens with zero attached hydrogens (tertiary/aromatic N) is 3. The number of hydrogen-bond acceptors (Lipinski definition) is 5. The molecule has 0 saturated carbocycles. The number of imidazole rings is 1. The van der Waals surface area contributed by atoms with Crippen LogP contribution in [-0.4, -0.2) is 19.9 Å². The molecule has 0 bridgehead atoms. The van der Waals surface area contributed by atoms with Gasteiger partial charge < -0.3 is 13.8 Å². The molecular formula is C33H24N4O2. The van der Waals surface area contributed by atoms with Gasteiger partial charge in [-0.3, -0.25) is 0 Å². The summed E-state index contributed by atoms with van der Waals surface area (Å²) in [6.45, 7) is 0. The summed E-state index contributed by atoms with van der Waals surface area (Å²) in [5.74, 6) is 1.61. The number of aromatic nitrogens is 4. The summed E-state index contributed by atoms with van der Waals surface area (Å²) in [6.07, 6.45) is 1.45. The average molecular weight is 509 g/mol. The van der Waals surface area contributed by atoms with Gasteiger partial charge in [-0.05, 0) is 48.5 Å². The lowest BCUT2D eigenvalue weighted by molar-refractivity contribution is 0.602. The highest BCUT2D eigenvalue weighted by Crippen LogP contribution is 2.23. The minimum Gasteiger partial charge on any atom is -0.443 e. The number of oxazole rings is 2. The number of nitrogens with one attached hydrogen (secondary N) is 1. The molecule has 0 aliphatic carbocycles. The fraction of sp³-hybridized carbons (Fsp3) is 0. The Kier molecular flexibility index (Phi) is 6.90. The Bertz CT molecular complexity index is 1720. The van der Waals surface area contributed by atoms with Crippen molar-refractivity contribution in [2.24, 2.45) is 0 Å². The SMILES string of the molecule is c1ccc(-c2nc3ccccc3[nH]2)cc1.c1ccc(-c2nc3ccccc3o2)cc1.c1ccc2ocnc2c1. The van der Waals surface area contributed by atoms with Gasteiger partial charge in [0.1, 0.15) is 16.9 Å². The molecule has 0 saturated heterocycles. The zero-order valence-electron chi connectivity index (χ0n) is 20.9. The standard InChI is InChI=1S/C13H10N2.C13H9NO.C7H5NO/c2*1-2-6-10(7-3-1)13-14-11-8-4-5-9-12(11)15-13;1-2-4-7-6(3-1)8-5-9-7/h1-9H,(H,14,15);1-9H;1-5H. The zero-order chi connectivity index (χ0) is 26.3. The molecule has 39 heavy (non-hydrogen) atoms. The number of aromatic amines is 1. The van der Waals surface area contributed by atoms with Crippen molar-refractivity contribution in [3.05, 3.63) is 140 Å². The van der Waals surface area contributed by atoms with E-state index >= 15 is 0 Å². The lowest BCUT2D eigenvalue weighted by Gasteiger charge is -1.93. The molecule has 5 aromatic carbocycles. The van der Waals surface area contributed by atoms with E-state index in [0.29, 0.717) is 5.89 Å². The number of H-pyrrole nitrogens is 1. The summed E-state index contributed by atoms with van der Waals surface area (Å²) >= 11 is 0. The highest BCUT2D eigenvalue weighted by Gasteiger charge is 2.06. The Hall–Kier alpha value is -5.49. The van der Waals surface area contributed by atoms with Crippen LogP contribution in [0, 0.1) is 0 Å². The monoisotopic (exact) mass is 508 g/mol. The van der Waals surface area contributed by atoms with Crippen LogP contribution in [0.2, 0.25) is 0 Å². The van der Waals surface area contributed by atoms with Crippen molar-refractivity contribution in [1.29, 1.82) is 0 Å². The van der Waals surface area contributed by atoms with E-state index < -0.39 is 0 Å². The molecule has 0 unspecified atom stereocenters. The Morgan fingerprint density at radius 1 is 0.487 bits per heavy atom. The molecule has 3 aromatic heterocycles. The van der Waals surface area contributed by atoms with Crippen molar-refractivity contribution < 1.29 is 8.83 Å². The van der Waals surface area contributed by atoms with Crippen LogP contribution in [0.5, 0.6) is 0 Å². The van der Waals surface area contributed by atoms with E-state index in [1.807, 2.05) is 121 Å². The van der Waals surface area contributed by atoms with E-state index in [1.165, 1.54) is 6.39 Å². The van der Waals surface area contributed by atoms with E-state index in [0.717, 1.165) is 50.2 Å². The second kappa shape index (κ2) is 11.3. The molecule has 8 rings (SSSR count). The maximum Gasteiger partial charge on any atom is 0.227 e. The van der Waals surface area contributed by atoms with Gasteiger partial charge in [0.2, 0.25) is 5.89 Å². The summed E-state index contributed by atoms with van der Waals surface area (Å²) in [5.41, 5.74) is 7.71. The molecule has 6 nitrogen and oxygen atoms in total. The molecule has 0 aliphatic rings. The van der Waals surface area contributed by atoms with E-state index in [4.69, 9.17) is 8.83 Å². The lowest BCUT2D eigenvalue weighted by atomic mass is 10.2. The van der Waals surface area contributed by atoms with Gasteiger partial charge in [-0.15, -0.1) is 0 Å². The van der Waals surface area contributed by atoms with E-state index in [2.05, 4.69) is 32.1 Å². The number of benzene rings is 5.